The number of rotatable bonds is 3. The Balaban J connectivity index is 2.91. The normalized spacial score (nSPS) is 13.3. The van der Waals surface area contributed by atoms with Crippen molar-refractivity contribution in [3.63, 3.8) is 0 Å². The molecule has 1 rings (SSSR count). The summed E-state index contributed by atoms with van der Waals surface area (Å²) in [6.45, 7) is 4.85. The minimum atomic E-state index is -0.0290. The highest BCUT2D eigenvalue weighted by molar-refractivity contribution is 5.27. The topological polar surface area (TPSA) is 52.0 Å². The Morgan fingerprint density at radius 1 is 1.23 bits per heavy atom. The fourth-order valence-corrected chi connectivity index (χ4v) is 1.28. The van der Waals surface area contributed by atoms with Gasteiger partial charge >= 0.3 is 0 Å². The van der Waals surface area contributed by atoms with Gasteiger partial charge in [-0.15, -0.1) is 0 Å². The van der Waals surface area contributed by atoms with Crippen LogP contribution in [0.25, 0.3) is 0 Å². The lowest BCUT2D eigenvalue weighted by atomic mass is 9.98. The van der Waals surface area contributed by atoms with Gasteiger partial charge in [-0.2, -0.15) is 0 Å². The van der Waals surface area contributed by atoms with E-state index in [0.29, 0.717) is 12.5 Å². The molecule has 0 fully saturated rings. The Bertz CT molecular complexity index is 269. The quantitative estimate of drug-likeness (QED) is 0.741. The van der Waals surface area contributed by atoms with Gasteiger partial charge in [0.2, 0.25) is 0 Å². The van der Waals surface area contributed by atoms with Gasteiger partial charge in [-0.05, 0) is 17.0 Å². The van der Waals surface area contributed by atoms with Crippen LogP contribution in [0.2, 0.25) is 0 Å². The lowest BCUT2D eigenvalue weighted by Gasteiger charge is -2.12. The molecule has 0 aromatic heterocycles. The van der Waals surface area contributed by atoms with Gasteiger partial charge in [-0.3, -0.25) is 0 Å². The summed E-state index contributed by atoms with van der Waals surface area (Å²) in [6.07, 6.45) is 0. The first-order valence-electron chi connectivity index (χ1n) is 4.70. The molecule has 13 heavy (non-hydrogen) atoms. The highest BCUT2D eigenvalue weighted by Crippen LogP contribution is 2.18. The Labute approximate surface area is 79.9 Å². The van der Waals surface area contributed by atoms with Gasteiger partial charge in [-0.1, -0.05) is 38.1 Å². The van der Waals surface area contributed by atoms with E-state index in [2.05, 4.69) is 26.0 Å². The second kappa shape index (κ2) is 4.40. The summed E-state index contributed by atoms with van der Waals surface area (Å²) in [7, 11) is 0. The van der Waals surface area contributed by atoms with Crippen LogP contribution in [0.1, 0.15) is 36.9 Å². The molecular formula is C11H18N2. The van der Waals surface area contributed by atoms with Crippen LogP contribution < -0.4 is 11.5 Å². The molecule has 0 heterocycles. The van der Waals surface area contributed by atoms with Gasteiger partial charge in [0, 0.05) is 12.6 Å². The first kappa shape index (κ1) is 10.2. The maximum Gasteiger partial charge on any atom is 0.0419 e. The third-order valence-electron chi connectivity index (χ3n) is 2.26. The zero-order valence-electron chi connectivity index (χ0n) is 8.33. The molecule has 0 aliphatic carbocycles. The standard InChI is InChI=1S/C11H18N2/c1-8(2)9-4-3-5-10(6-9)11(13)7-12/h3-6,8,11H,7,12-13H2,1-2H3/t11-/m1/s1. The zero-order valence-corrected chi connectivity index (χ0v) is 8.33. The van der Waals surface area contributed by atoms with Crippen LogP contribution in [0, 0.1) is 0 Å². The summed E-state index contributed by atoms with van der Waals surface area (Å²) >= 11 is 0. The third-order valence-corrected chi connectivity index (χ3v) is 2.26. The van der Waals surface area contributed by atoms with Gasteiger partial charge in [0.05, 0.1) is 0 Å². The highest BCUT2D eigenvalue weighted by Gasteiger charge is 2.05. The summed E-state index contributed by atoms with van der Waals surface area (Å²) in [5, 5.41) is 0. The summed E-state index contributed by atoms with van der Waals surface area (Å²) in [4.78, 5) is 0. The molecule has 0 amide bonds. The molecule has 72 valence electrons. The van der Waals surface area contributed by atoms with Gasteiger partial charge in [-0.25, -0.2) is 0 Å². The molecule has 1 aromatic carbocycles. The fraction of sp³-hybridized carbons (Fsp3) is 0.455. The molecule has 1 aromatic rings. The lowest BCUT2D eigenvalue weighted by molar-refractivity contribution is 0.732. The summed E-state index contributed by atoms with van der Waals surface area (Å²) in [6, 6.07) is 8.31. The summed E-state index contributed by atoms with van der Waals surface area (Å²) < 4.78 is 0. The van der Waals surface area contributed by atoms with Crippen molar-refractivity contribution in [2.45, 2.75) is 25.8 Å². The minimum Gasteiger partial charge on any atom is -0.329 e. The molecule has 0 bridgehead atoms. The van der Waals surface area contributed by atoms with Crippen LogP contribution in [-0.2, 0) is 0 Å². The molecule has 0 spiro atoms. The second-order valence-corrected chi connectivity index (χ2v) is 3.67. The van der Waals surface area contributed by atoms with Gasteiger partial charge < -0.3 is 11.5 Å². The third kappa shape index (κ3) is 2.54. The number of hydrogen-bond donors (Lipinski definition) is 2. The molecule has 0 saturated heterocycles. The molecule has 0 aliphatic rings. The van der Waals surface area contributed by atoms with E-state index < -0.39 is 0 Å². The molecule has 0 saturated carbocycles. The molecule has 4 N–H and O–H groups in total. The van der Waals surface area contributed by atoms with E-state index in [-0.39, 0.29) is 6.04 Å². The predicted molar refractivity (Wildman–Crippen MR) is 56.5 cm³/mol. The monoisotopic (exact) mass is 178 g/mol. The van der Waals surface area contributed by atoms with E-state index in [9.17, 15) is 0 Å². The van der Waals surface area contributed by atoms with Crippen LogP contribution in [0.5, 0.6) is 0 Å². The molecule has 0 radical (unpaired) electrons. The fourth-order valence-electron chi connectivity index (χ4n) is 1.28. The van der Waals surface area contributed by atoms with Gasteiger partial charge in [0.25, 0.3) is 0 Å². The highest BCUT2D eigenvalue weighted by atomic mass is 14.7. The maximum absolute atomic E-state index is 5.84. The molecule has 0 aliphatic heterocycles. The van der Waals surface area contributed by atoms with Crippen LogP contribution in [0.3, 0.4) is 0 Å². The van der Waals surface area contributed by atoms with E-state index in [0.717, 1.165) is 5.56 Å². The largest absolute Gasteiger partial charge is 0.329 e. The van der Waals surface area contributed by atoms with Crippen LogP contribution >= 0.6 is 0 Å². The van der Waals surface area contributed by atoms with Crippen LogP contribution in [0.15, 0.2) is 24.3 Å². The second-order valence-electron chi connectivity index (χ2n) is 3.67. The van der Waals surface area contributed by atoms with E-state index in [4.69, 9.17) is 11.5 Å². The van der Waals surface area contributed by atoms with Crippen molar-refractivity contribution in [1.82, 2.24) is 0 Å². The summed E-state index contributed by atoms with van der Waals surface area (Å²) in [5.74, 6) is 0.546. The Hall–Kier alpha value is -0.860. The SMILES string of the molecule is CC(C)c1cccc([C@H](N)CN)c1. The minimum absolute atomic E-state index is 0.0290. The first-order chi connectivity index (χ1) is 6.15. The van der Waals surface area contributed by atoms with Crippen molar-refractivity contribution in [2.75, 3.05) is 6.54 Å². The van der Waals surface area contributed by atoms with Crippen molar-refractivity contribution in [1.29, 1.82) is 0 Å². The van der Waals surface area contributed by atoms with Gasteiger partial charge in [0.1, 0.15) is 0 Å². The predicted octanol–water partition coefficient (Wildman–Crippen LogP) is 1.77. The number of nitrogens with two attached hydrogens (primary N) is 2. The average molecular weight is 178 g/mol. The Kier molecular flexibility index (Phi) is 3.46. The van der Waals surface area contributed by atoms with Crippen molar-refractivity contribution in [3.8, 4) is 0 Å². The van der Waals surface area contributed by atoms with E-state index in [1.807, 2.05) is 12.1 Å². The Morgan fingerprint density at radius 3 is 2.38 bits per heavy atom. The molecular weight excluding hydrogens is 160 g/mol. The van der Waals surface area contributed by atoms with Gasteiger partial charge in [0.15, 0.2) is 0 Å². The molecule has 2 nitrogen and oxygen atoms in total. The first-order valence-corrected chi connectivity index (χ1v) is 4.70. The summed E-state index contributed by atoms with van der Waals surface area (Å²) in [5.41, 5.74) is 13.8. The van der Waals surface area contributed by atoms with Crippen molar-refractivity contribution in [3.05, 3.63) is 35.4 Å². The van der Waals surface area contributed by atoms with Crippen LogP contribution in [0.4, 0.5) is 0 Å². The van der Waals surface area contributed by atoms with Crippen molar-refractivity contribution in [2.24, 2.45) is 11.5 Å². The molecule has 2 heteroatoms. The maximum atomic E-state index is 5.84. The number of hydrogen-bond acceptors (Lipinski definition) is 2. The number of benzene rings is 1. The zero-order chi connectivity index (χ0) is 9.84. The van der Waals surface area contributed by atoms with E-state index in [1.54, 1.807) is 0 Å². The Morgan fingerprint density at radius 2 is 1.85 bits per heavy atom. The molecule has 0 unspecified atom stereocenters. The van der Waals surface area contributed by atoms with Crippen molar-refractivity contribution < 1.29 is 0 Å². The van der Waals surface area contributed by atoms with Crippen molar-refractivity contribution >= 4 is 0 Å². The molecule has 1 atom stereocenters. The lowest BCUT2D eigenvalue weighted by Crippen LogP contribution is -2.20. The van der Waals surface area contributed by atoms with E-state index in [1.165, 1.54) is 5.56 Å². The average Bonchev–Trinajstić information content (AvgIpc) is 2.17. The van der Waals surface area contributed by atoms with Crippen LogP contribution in [-0.4, -0.2) is 6.54 Å². The smallest absolute Gasteiger partial charge is 0.0419 e. The van der Waals surface area contributed by atoms with E-state index >= 15 is 0 Å².